The molecule has 1 aliphatic heterocycles. The smallest absolute Gasteiger partial charge is 0.410 e. The van der Waals surface area contributed by atoms with Crippen LogP contribution < -0.4 is 0 Å². The van der Waals surface area contributed by atoms with E-state index < -0.39 is 5.60 Å². The van der Waals surface area contributed by atoms with Gasteiger partial charge in [0.2, 0.25) is 0 Å². The number of rotatable bonds is 2. The molecule has 0 radical (unpaired) electrons. The SMILES string of the molecule is CC(C)(C)OC(=O)N1C[C@H]2C[C@@]2(c2ccc(CBr)cc2)C1. The Morgan fingerprint density at radius 3 is 2.62 bits per heavy atom. The van der Waals surface area contributed by atoms with Crippen molar-refractivity contribution in [3.8, 4) is 0 Å². The number of piperidine rings is 1. The normalized spacial score (nSPS) is 27.4. The van der Waals surface area contributed by atoms with Gasteiger partial charge in [0.15, 0.2) is 0 Å². The monoisotopic (exact) mass is 351 g/mol. The number of halogens is 1. The lowest BCUT2D eigenvalue weighted by Crippen LogP contribution is -2.37. The molecule has 2 aliphatic rings. The van der Waals surface area contributed by atoms with Gasteiger partial charge in [-0.25, -0.2) is 4.79 Å². The van der Waals surface area contributed by atoms with Crippen LogP contribution in [0.5, 0.6) is 0 Å². The van der Waals surface area contributed by atoms with Crippen molar-refractivity contribution in [3.63, 3.8) is 0 Å². The molecule has 0 unspecified atom stereocenters. The molecule has 3 rings (SSSR count). The fourth-order valence-corrected chi connectivity index (χ4v) is 3.69. The first kappa shape index (κ1) is 14.9. The van der Waals surface area contributed by atoms with E-state index in [9.17, 15) is 4.79 Å². The number of likely N-dealkylation sites (tertiary alicyclic amines) is 1. The average molecular weight is 352 g/mol. The van der Waals surface area contributed by atoms with Crippen LogP contribution in [0.4, 0.5) is 4.79 Å². The molecule has 1 aromatic rings. The first-order chi connectivity index (χ1) is 9.84. The van der Waals surface area contributed by atoms with Crippen molar-refractivity contribution in [1.82, 2.24) is 4.90 Å². The molecular formula is C17H22BrNO2. The van der Waals surface area contributed by atoms with Crippen LogP contribution >= 0.6 is 15.9 Å². The molecule has 1 heterocycles. The number of amides is 1. The molecule has 1 aliphatic carbocycles. The largest absolute Gasteiger partial charge is 0.444 e. The molecule has 1 saturated heterocycles. The number of hydrogen-bond donors (Lipinski definition) is 0. The van der Waals surface area contributed by atoms with E-state index in [2.05, 4.69) is 40.2 Å². The summed E-state index contributed by atoms with van der Waals surface area (Å²) in [6.07, 6.45) is 1.02. The standard InChI is InChI=1S/C17H22BrNO2/c1-16(2,3)21-15(20)19-10-14-8-17(14,11-19)13-6-4-12(9-18)5-7-13/h4-7,14H,8-11H2,1-3H3/t14-,17+/m1/s1. The Balaban J connectivity index is 1.70. The third kappa shape index (κ3) is 2.83. The van der Waals surface area contributed by atoms with E-state index in [1.165, 1.54) is 17.5 Å². The van der Waals surface area contributed by atoms with Crippen molar-refractivity contribution >= 4 is 22.0 Å². The van der Waals surface area contributed by atoms with Crippen molar-refractivity contribution in [2.75, 3.05) is 13.1 Å². The van der Waals surface area contributed by atoms with Crippen molar-refractivity contribution in [2.24, 2.45) is 5.92 Å². The number of carbonyl (C=O) groups excluding carboxylic acids is 1. The second kappa shape index (κ2) is 5.01. The van der Waals surface area contributed by atoms with Gasteiger partial charge in [0.25, 0.3) is 0 Å². The summed E-state index contributed by atoms with van der Waals surface area (Å²) in [5, 5.41) is 0.883. The Kier molecular flexibility index (Phi) is 3.55. The minimum absolute atomic E-state index is 0.175. The minimum atomic E-state index is -0.422. The summed E-state index contributed by atoms with van der Waals surface area (Å²) in [4.78, 5) is 14.1. The van der Waals surface area contributed by atoms with E-state index in [1.807, 2.05) is 25.7 Å². The highest BCUT2D eigenvalue weighted by molar-refractivity contribution is 9.08. The second-order valence-electron chi connectivity index (χ2n) is 7.25. The van der Waals surface area contributed by atoms with Crippen molar-refractivity contribution < 1.29 is 9.53 Å². The zero-order valence-corrected chi connectivity index (χ0v) is 14.4. The molecule has 0 spiro atoms. The third-order valence-corrected chi connectivity index (χ3v) is 5.13. The Hall–Kier alpha value is -1.03. The van der Waals surface area contributed by atoms with E-state index in [0.717, 1.165) is 18.4 Å². The number of nitrogens with zero attached hydrogens (tertiary/aromatic N) is 1. The van der Waals surface area contributed by atoms with Gasteiger partial charge in [-0.15, -0.1) is 0 Å². The molecule has 2 fully saturated rings. The molecule has 1 saturated carbocycles. The quantitative estimate of drug-likeness (QED) is 0.751. The van der Waals surface area contributed by atoms with Gasteiger partial charge in [-0.2, -0.15) is 0 Å². The summed E-state index contributed by atoms with van der Waals surface area (Å²) in [5.41, 5.74) is 2.41. The fraction of sp³-hybridized carbons (Fsp3) is 0.588. The molecule has 21 heavy (non-hydrogen) atoms. The maximum absolute atomic E-state index is 12.2. The Bertz CT molecular complexity index is 549. The van der Waals surface area contributed by atoms with Crippen molar-refractivity contribution in [3.05, 3.63) is 35.4 Å². The topological polar surface area (TPSA) is 29.5 Å². The number of hydrogen-bond acceptors (Lipinski definition) is 2. The Morgan fingerprint density at radius 2 is 2.05 bits per heavy atom. The summed E-state index contributed by atoms with van der Waals surface area (Å²) in [6, 6.07) is 8.78. The van der Waals surface area contributed by atoms with Gasteiger partial charge >= 0.3 is 6.09 Å². The third-order valence-electron chi connectivity index (χ3n) is 4.48. The maximum atomic E-state index is 12.2. The summed E-state index contributed by atoms with van der Waals surface area (Å²) in [7, 11) is 0. The number of carbonyl (C=O) groups is 1. The van der Waals surface area contributed by atoms with E-state index in [1.54, 1.807) is 0 Å². The van der Waals surface area contributed by atoms with Gasteiger partial charge in [-0.05, 0) is 44.2 Å². The Labute approximate surface area is 134 Å². The van der Waals surface area contributed by atoms with Crippen molar-refractivity contribution in [1.29, 1.82) is 0 Å². The highest BCUT2D eigenvalue weighted by atomic mass is 79.9. The predicted molar refractivity (Wildman–Crippen MR) is 86.7 cm³/mol. The molecule has 1 amide bonds. The van der Waals surface area contributed by atoms with Crippen LogP contribution in [0.3, 0.4) is 0 Å². The second-order valence-corrected chi connectivity index (χ2v) is 7.81. The number of fused-ring (bicyclic) bond motifs is 1. The summed E-state index contributed by atoms with van der Waals surface area (Å²) >= 11 is 3.48. The lowest BCUT2D eigenvalue weighted by atomic mass is 9.94. The molecule has 4 heteroatoms. The van der Waals surface area contributed by atoms with Crippen LogP contribution in [-0.4, -0.2) is 29.7 Å². The molecule has 0 N–H and O–H groups in total. The molecular weight excluding hydrogens is 330 g/mol. The highest BCUT2D eigenvalue weighted by Gasteiger charge is 2.62. The van der Waals surface area contributed by atoms with Crippen LogP contribution in [0.25, 0.3) is 0 Å². The molecule has 3 nitrogen and oxygen atoms in total. The number of benzene rings is 1. The van der Waals surface area contributed by atoms with E-state index >= 15 is 0 Å². The van der Waals surface area contributed by atoms with E-state index in [4.69, 9.17) is 4.74 Å². The van der Waals surface area contributed by atoms with Crippen LogP contribution in [0.15, 0.2) is 24.3 Å². The van der Waals surface area contributed by atoms with E-state index in [0.29, 0.717) is 5.92 Å². The molecule has 114 valence electrons. The van der Waals surface area contributed by atoms with Gasteiger partial charge in [-0.3, -0.25) is 0 Å². The van der Waals surface area contributed by atoms with Gasteiger partial charge < -0.3 is 9.64 Å². The number of alkyl halides is 1. The van der Waals surface area contributed by atoms with Crippen LogP contribution in [0, 0.1) is 5.92 Å². The molecule has 0 bridgehead atoms. The lowest BCUT2D eigenvalue weighted by molar-refractivity contribution is 0.0270. The van der Waals surface area contributed by atoms with E-state index in [-0.39, 0.29) is 11.5 Å². The van der Waals surface area contributed by atoms with Crippen LogP contribution in [0.2, 0.25) is 0 Å². The first-order valence-electron chi connectivity index (χ1n) is 7.47. The van der Waals surface area contributed by atoms with Gasteiger partial charge in [0.05, 0.1) is 0 Å². The zero-order valence-electron chi connectivity index (χ0n) is 12.9. The first-order valence-corrected chi connectivity index (χ1v) is 8.59. The average Bonchev–Trinajstić information content (AvgIpc) is 2.99. The number of ether oxygens (including phenoxy) is 1. The van der Waals surface area contributed by atoms with Crippen LogP contribution in [-0.2, 0) is 15.5 Å². The lowest BCUT2D eigenvalue weighted by Gasteiger charge is -2.26. The zero-order chi connectivity index (χ0) is 15.3. The van der Waals surface area contributed by atoms with Gasteiger partial charge in [0, 0.05) is 23.8 Å². The van der Waals surface area contributed by atoms with Crippen molar-refractivity contribution in [2.45, 2.75) is 43.5 Å². The maximum Gasteiger partial charge on any atom is 0.410 e. The molecule has 0 aromatic heterocycles. The fourth-order valence-electron chi connectivity index (χ4n) is 3.32. The van der Waals surface area contributed by atoms with Gasteiger partial charge in [-0.1, -0.05) is 40.2 Å². The summed E-state index contributed by atoms with van der Waals surface area (Å²) in [5.74, 6) is 0.597. The Morgan fingerprint density at radius 1 is 1.38 bits per heavy atom. The minimum Gasteiger partial charge on any atom is -0.444 e. The summed E-state index contributed by atoms with van der Waals surface area (Å²) < 4.78 is 5.49. The summed E-state index contributed by atoms with van der Waals surface area (Å²) in [6.45, 7) is 7.36. The predicted octanol–water partition coefficient (Wildman–Crippen LogP) is 4.09. The molecule has 2 atom stereocenters. The highest BCUT2D eigenvalue weighted by Crippen LogP contribution is 2.59. The van der Waals surface area contributed by atoms with Crippen LogP contribution in [0.1, 0.15) is 38.3 Å². The van der Waals surface area contributed by atoms with Gasteiger partial charge in [0.1, 0.15) is 5.60 Å². The molecule has 1 aromatic carbocycles.